The molecule has 0 aromatic heterocycles. The molecule has 0 bridgehead atoms. The van der Waals surface area contributed by atoms with Gasteiger partial charge in [-0.1, -0.05) is 26.7 Å². The third kappa shape index (κ3) is 5.29. The molecule has 1 aliphatic carbocycles. The van der Waals surface area contributed by atoms with E-state index in [-0.39, 0.29) is 17.3 Å². The lowest BCUT2D eigenvalue weighted by atomic mass is 9.78. The molecule has 2 rings (SSSR count). The van der Waals surface area contributed by atoms with Gasteiger partial charge >= 0.3 is 0 Å². The number of nitrogens with zero attached hydrogens (tertiary/aromatic N) is 2. The molecule has 8 nitrogen and oxygen atoms in total. The summed E-state index contributed by atoms with van der Waals surface area (Å²) < 4.78 is 0. The van der Waals surface area contributed by atoms with Gasteiger partial charge in [-0.25, -0.2) is 0 Å². The van der Waals surface area contributed by atoms with E-state index in [2.05, 4.69) is 30.0 Å². The van der Waals surface area contributed by atoms with Crippen LogP contribution in [-0.4, -0.2) is 36.1 Å². The second-order valence-corrected chi connectivity index (χ2v) is 7.69. The fourth-order valence-corrected chi connectivity index (χ4v) is 3.58. The topological polar surface area (TPSA) is 99.5 Å². The minimum Gasteiger partial charge on any atom is -0.377 e. The molecule has 1 fully saturated rings. The zero-order valence-corrected chi connectivity index (χ0v) is 16.9. The Kier molecular flexibility index (Phi) is 6.95. The van der Waals surface area contributed by atoms with Crippen molar-refractivity contribution in [1.29, 1.82) is 0 Å². The van der Waals surface area contributed by atoms with Crippen molar-refractivity contribution in [2.24, 2.45) is 11.8 Å². The summed E-state index contributed by atoms with van der Waals surface area (Å²) >= 11 is 5.29. The first-order valence-corrected chi connectivity index (χ1v) is 9.44. The third-order valence-corrected chi connectivity index (χ3v) is 5.45. The van der Waals surface area contributed by atoms with Gasteiger partial charge in [-0.05, 0) is 36.5 Å². The smallest absolute Gasteiger partial charge is 0.272 e. The maximum atomic E-state index is 12.5. The monoisotopic (exact) mass is 393 g/mol. The molecule has 0 heterocycles. The molecule has 1 amide bonds. The number of carbonyl (C=O) groups excluding carboxylic acids is 1. The van der Waals surface area contributed by atoms with Crippen LogP contribution < -0.4 is 21.1 Å². The van der Waals surface area contributed by atoms with Crippen molar-refractivity contribution in [3.8, 4) is 0 Å². The van der Waals surface area contributed by atoms with E-state index in [9.17, 15) is 14.9 Å². The van der Waals surface area contributed by atoms with Gasteiger partial charge in [-0.15, -0.1) is 0 Å². The average Bonchev–Trinajstić information content (AvgIpc) is 2.62. The van der Waals surface area contributed by atoms with Gasteiger partial charge in [0, 0.05) is 38.0 Å². The standard InChI is InChI=1S/C18H27N5O3S/c1-11-6-5-7-15(12(11)2)19-18(27)21-20-17(24)14-10-13(23(25)26)8-9-16(14)22(3)4/h8-12,15H,5-7H2,1-4H3,(H,20,24)(H2,19,21,27)/t11-,12-,15+/m1/s1. The molecule has 27 heavy (non-hydrogen) atoms. The van der Waals surface area contributed by atoms with Crippen molar-refractivity contribution in [2.45, 2.75) is 39.2 Å². The van der Waals surface area contributed by atoms with Crippen molar-refractivity contribution in [3.63, 3.8) is 0 Å². The normalized spacial score (nSPS) is 21.9. The molecular weight excluding hydrogens is 366 g/mol. The summed E-state index contributed by atoms with van der Waals surface area (Å²) in [7, 11) is 3.53. The van der Waals surface area contributed by atoms with Crippen molar-refractivity contribution in [3.05, 3.63) is 33.9 Å². The quantitative estimate of drug-likeness (QED) is 0.411. The lowest BCUT2D eigenvalue weighted by molar-refractivity contribution is -0.384. The summed E-state index contributed by atoms with van der Waals surface area (Å²) in [5.74, 6) is 0.629. The molecule has 9 heteroatoms. The van der Waals surface area contributed by atoms with Gasteiger partial charge in [-0.3, -0.25) is 25.8 Å². The summed E-state index contributed by atoms with van der Waals surface area (Å²) in [6.07, 6.45) is 3.41. The van der Waals surface area contributed by atoms with Crippen LogP contribution in [0.25, 0.3) is 0 Å². The Balaban J connectivity index is 2.01. The number of hydrazine groups is 1. The largest absolute Gasteiger partial charge is 0.377 e. The van der Waals surface area contributed by atoms with E-state index in [4.69, 9.17) is 12.2 Å². The number of nitro groups is 1. The summed E-state index contributed by atoms with van der Waals surface area (Å²) in [6.45, 7) is 4.44. The van der Waals surface area contributed by atoms with Crippen LogP contribution in [0.15, 0.2) is 18.2 Å². The van der Waals surface area contributed by atoms with Crippen LogP contribution in [-0.2, 0) is 0 Å². The number of hydrogen-bond acceptors (Lipinski definition) is 5. The Labute approximate surface area is 164 Å². The Hall–Kier alpha value is -2.42. The van der Waals surface area contributed by atoms with E-state index in [1.54, 1.807) is 25.1 Å². The molecule has 3 N–H and O–H groups in total. The van der Waals surface area contributed by atoms with E-state index in [1.807, 2.05) is 0 Å². The predicted molar refractivity (Wildman–Crippen MR) is 110 cm³/mol. The van der Waals surface area contributed by atoms with Crippen LogP contribution >= 0.6 is 12.2 Å². The van der Waals surface area contributed by atoms with E-state index in [0.29, 0.717) is 22.6 Å². The number of non-ortho nitro benzene ring substituents is 1. The summed E-state index contributed by atoms with van der Waals surface area (Å²) in [5.41, 5.74) is 5.88. The first-order chi connectivity index (χ1) is 12.7. The number of nitrogens with one attached hydrogen (secondary N) is 3. The number of amides is 1. The number of thiocarbonyl (C=S) groups is 1. The zero-order valence-electron chi connectivity index (χ0n) is 16.1. The second-order valence-electron chi connectivity index (χ2n) is 7.28. The van der Waals surface area contributed by atoms with Gasteiger partial charge in [0.15, 0.2) is 5.11 Å². The van der Waals surface area contributed by atoms with Crippen LogP contribution in [0.4, 0.5) is 11.4 Å². The maximum Gasteiger partial charge on any atom is 0.272 e. The van der Waals surface area contributed by atoms with Gasteiger partial charge in [0.1, 0.15) is 0 Å². The Morgan fingerprint density at radius 3 is 2.59 bits per heavy atom. The minimum atomic E-state index is -0.526. The minimum absolute atomic E-state index is 0.142. The van der Waals surface area contributed by atoms with Crippen LogP contribution in [0.3, 0.4) is 0 Å². The number of carbonyl (C=O) groups is 1. The molecule has 148 valence electrons. The van der Waals surface area contributed by atoms with Crippen molar-refractivity contribution in [2.75, 3.05) is 19.0 Å². The highest BCUT2D eigenvalue weighted by Gasteiger charge is 2.27. The molecule has 0 aliphatic heterocycles. The summed E-state index contributed by atoms with van der Waals surface area (Å²) in [6, 6.07) is 4.44. The third-order valence-electron chi connectivity index (χ3n) is 5.23. The van der Waals surface area contributed by atoms with Crippen molar-refractivity contribution < 1.29 is 9.72 Å². The fraction of sp³-hybridized carbons (Fsp3) is 0.556. The molecule has 1 aromatic carbocycles. The van der Waals surface area contributed by atoms with Gasteiger partial charge in [-0.2, -0.15) is 0 Å². The number of anilines is 1. The number of nitro benzene ring substituents is 1. The van der Waals surface area contributed by atoms with Gasteiger partial charge in [0.25, 0.3) is 11.6 Å². The predicted octanol–water partition coefficient (Wildman–Crippen LogP) is 2.59. The Morgan fingerprint density at radius 2 is 1.96 bits per heavy atom. The van der Waals surface area contributed by atoms with E-state index >= 15 is 0 Å². The van der Waals surface area contributed by atoms with Gasteiger partial charge < -0.3 is 10.2 Å². The van der Waals surface area contributed by atoms with Crippen LogP contribution in [0.5, 0.6) is 0 Å². The molecule has 0 spiro atoms. The summed E-state index contributed by atoms with van der Waals surface area (Å²) in [4.78, 5) is 24.8. The molecule has 0 radical (unpaired) electrons. The molecule has 0 unspecified atom stereocenters. The number of benzene rings is 1. The highest BCUT2D eigenvalue weighted by molar-refractivity contribution is 7.80. The van der Waals surface area contributed by atoms with E-state index in [1.165, 1.54) is 18.6 Å². The lowest BCUT2D eigenvalue weighted by Crippen LogP contribution is -2.52. The Bertz CT molecular complexity index is 725. The molecule has 1 saturated carbocycles. The van der Waals surface area contributed by atoms with Crippen LogP contribution in [0.2, 0.25) is 0 Å². The maximum absolute atomic E-state index is 12.5. The zero-order chi connectivity index (χ0) is 20.1. The van der Waals surface area contributed by atoms with Crippen LogP contribution in [0.1, 0.15) is 43.5 Å². The summed E-state index contributed by atoms with van der Waals surface area (Å²) in [5, 5.41) is 14.6. The molecule has 1 aliphatic rings. The van der Waals surface area contributed by atoms with Crippen LogP contribution in [0, 0.1) is 22.0 Å². The first-order valence-electron chi connectivity index (χ1n) is 9.03. The Morgan fingerprint density at radius 1 is 1.26 bits per heavy atom. The number of hydrogen-bond donors (Lipinski definition) is 3. The molecular formula is C18H27N5O3S. The van der Waals surface area contributed by atoms with Gasteiger partial charge in [0.05, 0.1) is 10.5 Å². The number of rotatable bonds is 4. The van der Waals surface area contributed by atoms with Crippen molar-refractivity contribution >= 4 is 34.6 Å². The highest BCUT2D eigenvalue weighted by Crippen LogP contribution is 2.29. The fourth-order valence-electron chi connectivity index (χ4n) is 3.38. The average molecular weight is 394 g/mol. The molecule has 3 atom stereocenters. The lowest BCUT2D eigenvalue weighted by Gasteiger charge is -2.35. The van der Waals surface area contributed by atoms with E-state index in [0.717, 1.165) is 12.8 Å². The SMILES string of the molecule is C[C@@H]1[C@H](C)CCC[C@@H]1NC(=S)NNC(=O)c1cc([N+](=O)[O-])ccc1N(C)C. The highest BCUT2D eigenvalue weighted by atomic mass is 32.1. The molecule has 1 aromatic rings. The first kappa shape index (κ1) is 20.9. The van der Waals surface area contributed by atoms with Gasteiger partial charge in [0.2, 0.25) is 0 Å². The second kappa shape index (κ2) is 8.98. The molecule has 0 saturated heterocycles. The van der Waals surface area contributed by atoms with Crippen molar-refractivity contribution in [1.82, 2.24) is 16.2 Å². The van der Waals surface area contributed by atoms with E-state index < -0.39 is 10.8 Å².